The van der Waals surface area contributed by atoms with Gasteiger partial charge in [-0.05, 0) is 61.2 Å². The summed E-state index contributed by atoms with van der Waals surface area (Å²) in [6, 6.07) is 11.6. The molecule has 136 valence electrons. The van der Waals surface area contributed by atoms with Gasteiger partial charge in [-0.3, -0.25) is 4.79 Å². The van der Waals surface area contributed by atoms with Gasteiger partial charge in [-0.25, -0.2) is 4.39 Å². The number of hydrogen-bond acceptors (Lipinski definition) is 4. The first kappa shape index (κ1) is 18.2. The molecule has 3 rings (SSSR count). The number of amides is 1. The van der Waals surface area contributed by atoms with Crippen LogP contribution in [0.15, 0.2) is 42.5 Å². The summed E-state index contributed by atoms with van der Waals surface area (Å²) in [5.74, 6) is 0.802. The van der Waals surface area contributed by atoms with E-state index in [1.165, 1.54) is 23.5 Å². The maximum atomic E-state index is 13.3. The molecule has 1 aromatic heterocycles. The molecule has 1 heterocycles. The number of thiophene rings is 1. The number of fused-ring (bicyclic) bond motifs is 1. The van der Waals surface area contributed by atoms with E-state index in [4.69, 9.17) is 9.47 Å². The van der Waals surface area contributed by atoms with Crippen LogP contribution >= 0.6 is 11.3 Å². The molecule has 1 amide bonds. The fourth-order valence-corrected chi connectivity index (χ4v) is 3.65. The van der Waals surface area contributed by atoms with Crippen LogP contribution in [0, 0.1) is 5.82 Å². The Labute approximate surface area is 155 Å². The lowest BCUT2D eigenvalue weighted by atomic mass is 10.1. The second kappa shape index (κ2) is 7.74. The number of methoxy groups -OCH3 is 1. The highest BCUT2D eigenvalue weighted by molar-refractivity contribution is 7.20. The van der Waals surface area contributed by atoms with Crippen molar-refractivity contribution in [3.8, 4) is 11.5 Å². The summed E-state index contributed by atoms with van der Waals surface area (Å²) < 4.78 is 25.1. The van der Waals surface area contributed by atoms with E-state index in [0.29, 0.717) is 23.0 Å². The lowest BCUT2D eigenvalue weighted by Gasteiger charge is -2.16. The first-order valence-electron chi connectivity index (χ1n) is 8.32. The minimum Gasteiger partial charge on any atom is -0.493 e. The number of carbonyl (C=O) groups excluding carboxylic acids is 1. The summed E-state index contributed by atoms with van der Waals surface area (Å²) in [7, 11) is 1.58. The molecule has 26 heavy (non-hydrogen) atoms. The Balaban J connectivity index is 1.77. The molecule has 0 radical (unpaired) electrons. The van der Waals surface area contributed by atoms with Crippen molar-refractivity contribution in [2.45, 2.75) is 19.9 Å². The van der Waals surface area contributed by atoms with Gasteiger partial charge in [-0.15, -0.1) is 11.3 Å². The number of nitrogens with one attached hydrogen (secondary N) is 1. The Morgan fingerprint density at radius 2 is 2.00 bits per heavy atom. The van der Waals surface area contributed by atoms with Crippen molar-refractivity contribution in [1.82, 2.24) is 5.32 Å². The van der Waals surface area contributed by atoms with Crippen LogP contribution in [0.25, 0.3) is 10.1 Å². The van der Waals surface area contributed by atoms with E-state index in [2.05, 4.69) is 5.32 Å². The second-order valence-corrected chi connectivity index (χ2v) is 6.92. The third-order valence-electron chi connectivity index (χ3n) is 4.04. The number of halogens is 1. The fourth-order valence-electron chi connectivity index (χ4n) is 2.71. The van der Waals surface area contributed by atoms with Gasteiger partial charge in [0.25, 0.3) is 5.91 Å². The van der Waals surface area contributed by atoms with Crippen LogP contribution in [0.2, 0.25) is 0 Å². The zero-order valence-electron chi connectivity index (χ0n) is 14.8. The maximum Gasteiger partial charge on any atom is 0.261 e. The third-order valence-corrected chi connectivity index (χ3v) is 5.15. The number of carbonyl (C=O) groups is 1. The van der Waals surface area contributed by atoms with Gasteiger partial charge >= 0.3 is 0 Å². The van der Waals surface area contributed by atoms with Crippen molar-refractivity contribution in [3.63, 3.8) is 0 Å². The third kappa shape index (κ3) is 3.80. The smallest absolute Gasteiger partial charge is 0.261 e. The van der Waals surface area contributed by atoms with Gasteiger partial charge in [0.2, 0.25) is 0 Å². The predicted molar refractivity (Wildman–Crippen MR) is 102 cm³/mol. The van der Waals surface area contributed by atoms with Crippen LogP contribution in [0.4, 0.5) is 4.39 Å². The molecule has 0 fully saturated rings. The van der Waals surface area contributed by atoms with Crippen LogP contribution in [-0.2, 0) is 0 Å². The summed E-state index contributed by atoms with van der Waals surface area (Å²) in [6.45, 7) is 4.36. The molecule has 0 spiro atoms. The average molecular weight is 373 g/mol. The largest absolute Gasteiger partial charge is 0.493 e. The molecule has 1 N–H and O–H groups in total. The van der Waals surface area contributed by atoms with Crippen molar-refractivity contribution in [2.24, 2.45) is 0 Å². The Hall–Kier alpha value is -2.60. The Morgan fingerprint density at radius 1 is 1.19 bits per heavy atom. The van der Waals surface area contributed by atoms with Gasteiger partial charge in [0, 0.05) is 4.70 Å². The molecule has 2 aromatic carbocycles. The van der Waals surface area contributed by atoms with E-state index < -0.39 is 0 Å². The van der Waals surface area contributed by atoms with Crippen LogP contribution in [0.5, 0.6) is 11.5 Å². The van der Waals surface area contributed by atoms with Crippen molar-refractivity contribution >= 4 is 27.3 Å². The van der Waals surface area contributed by atoms with E-state index in [1.54, 1.807) is 19.2 Å². The minimum atomic E-state index is -0.308. The summed E-state index contributed by atoms with van der Waals surface area (Å²) in [5, 5.41) is 3.70. The zero-order valence-corrected chi connectivity index (χ0v) is 15.7. The van der Waals surface area contributed by atoms with Gasteiger partial charge in [0.15, 0.2) is 11.5 Å². The molecular formula is C20H20FNO3S. The van der Waals surface area contributed by atoms with E-state index in [0.717, 1.165) is 15.6 Å². The van der Waals surface area contributed by atoms with Gasteiger partial charge < -0.3 is 14.8 Å². The number of benzene rings is 2. The molecule has 0 aliphatic heterocycles. The summed E-state index contributed by atoms with van der Waals surface area (Å²) in [6.07, 6.45) is 0. The highest BCUT2D eigenvalue weighted by Gasteiger charge is 2.16. The molecule has 0 aliphatic carbocycles. The van der Waals surface area contributed by atoms with Gasteiger partial charge in [-0.1, -0.05) is 6.07 Å². The second-order valence-electron chi connectivity index (χ2n) is 5.83. The highest BCUT2D eigenvalue weighted by Crippen LogP contribution is 2.31. The molecular weight excluding hydrogens is 353 g/mol. The monoisotopic (exact) mass is 373 g/mol. The quantitative estimate of drug-likeness (QED) is 0.666. The van der Waals surface area contributed by atoms with Crippen molar-refractivity contribution in [3.05, 3.63) is 58.7 Å². The molecule has 1 atom stereocenters. The van der Waals surface area contributed by atoms with E-state index in [1.807, 2.05) is 32.0 Å². The number of rotatable bonds is 6. The molecule has 6 heteroatoms. The Kier molecular flexibility index (Phi) is 5.42. The lowest BCUT2D eigenvalue weighted by Crippen LogP contribution is -2.25. The molecule has 0 aliphatic rings. The fraction of sp³-hybridized carbons (Fsp3) is 0.250. The Morgan fingerprint density at radius 3 is 2.73 bits per heavy atom. The van der Waals surface area contributed by atoms with E-state index >= 15 is 0 Å². The first-order chi connectivity index (χ1) is 12.5. The van der Waals surface area contributed by atoms with Crippen LogP contribution in [0.3, 0.4) is 0 Å². The Bertz CT molecular complexity index is 938. The maximum absolute atomic E-state index is 13.3. The van der Waals surface area contributed by atoms with Gasteiger partial charge in [0.1, 0.15) is 5.82 Å². The van der Waals surface area contributed by atoms with Crippen molar-refractivity contribution in [1.29, 1.82) is 0 Å². The van der Waals surface area contributed by atoms with Crippen LogP contribution in [-0.4, -0.2) is 19.6 Å². The molecule has 1 unspecified atom stereocenters. The summed E-state index contributed by atoms with van der Waals surface area (Å²) >= 11 is 1.34. The zero-order chi connectivity index (χ0) is 18.7. The van der Waals surface area contributed by atoms with Crippen molar-refractivity contribution < 1.29 is 18.7 Å². The van der Waals surface area contributed by atoms with E-state index in [9.17, 15) is 9.18 Å². The lowest BCUT2D eigenvalue weighted by molar-refractivity contribution is 0.0944. The molecule has 0 saturated heterocycles. The minimum absolute atomic E-state index is 0.188. The summed E-state index contributed by atoms with van der Waals surface area (Å²) in [5.41, 5.74) is 0.908. The molecule has 4 nitrogen and oxygen atoms in total. The van der Waals surface area contributed by atoms with E-state index in [-0.39, 0.29) is 17.8 Å². The average Bonchev–Trinajstić information content (AvgIpc) is 3.05. The molecule has 0 saturated carbocycles. The highest BCUT2D eigenvalue weighted by atomic mass is 32.1. The normalized spacial score (nSPS) is 12.0. The summed E-state index contributed by atoms with van der Waals surface area (Å²) in [4.78, 5) is 13.1. The van der Waals surface area contributed by atoms with Crippen LogP contribution in [0.1, 0.15) is 35.1 Å². The van der Waals surface area contributed by atoms with Gasteiger partial charge in [0.05, 0.1) is 24.6 Å². The van der Waals surface area contributed by atoms with Crippen LogP contribution < -0.4 is 14.8 Å². The predicted octanol–water partition coefficient (Wildman–Crippen LogP) is 4.94. The number of ether oxygens (including phenoxy) is 2. The first-order valence-corrected chi connectivity index (χ1v) is 9.14. The SMILES string of the molecule is CCOc1ccc(C(C)NC(=O)c2cc3cc(F)ccc3s2)cc1OC. The van der Waals surface area contributed by atoms with Crippen molar-refractivity contribution in [2.75, 3.05) is 13.7 Å². The molecule has 0 bridgehead atoms. The molecule has 3 aromatic rings. The van der Waals surface area contributed by atoms with Gasteiger partial charge in [-0.2, -0.15) is 0 Å². The topological polar surface area (TPSA) is 47.6 Å². The number of hydrogen-bond donors (Lipinski definition) is 1. The standard InChI is InChI=1S/C20H20FNO3S/c1-4-25-16-7-5-13(10-17(16)24-3)12(2)22-20(23)19-11-14-9-15(21)6-8-18(14)26-19/h5-12H,4H2,1-3H3,(H,22,23).